The molecule has 0 spiro atoms. The molecule has 0 fully saturated rings. The molecule has 1 aromatic carbocycles. The van der Waals surface area contributed by atoms with Crippen molar-refractivity contribution in [3.05, 3.63) is 36.4 Å². The molecule has 0 unspecified atom stereocenters. The summed E-state index contributed by atoms with van der Waals surface area (Å²) in [6.07, 6.45) is 0. The topological polar surface area (TPSA) is 3.24 Å². The van der Waals surface area contributed by atoms with Crippen molar-refractivity contribution in [1.82, 2.24) is 0 Å². The van der Waals surface area contributed by atoms with Crippen LogP contribution in [-0.4, -0.2) is 13.6 Å². The lowest BCUT2D eigenvalue weighted by molar-refractivity contribution is 0.968. The van der Waals surface area contributed by atoms with Crippen LogP contribution in [0.25, 0.3) is 5.57 Å². The predicted molar refractivity (Wildman–Crippen MR) is 60.1 cm³/mol. The second-order valence-electron chi connectivity index (χ2n) is 3.34. The molecule has 0 saturated carbocycles. The molecular weight excluding hydrogens is 158 g/mol. The van der Waals surface area contributed by atoms with Crippen LogP contribution in [0.5, 0.6) is 0 Å². The van der Waals surface area contributed by atoms with Gasteiger partial charge in [-0.3, -0.25) is 0 Å². The van der Waals surface area contributed by atoms with Crippen molar-refractivity contribution < 1.29 is 0 Å². The molecule has 0 aliphatic heterocycles. The van der Waals surface area contributed by atoms with Gasteiger partial charge in [-0.2, -0.15) is 0 Å². The van der Waals surface area contributed by atoms with E-state index in [0.29, 0.717) is 0 Å². The molecule has 0 aliphatic rings. The molecule has 0 atom stereocenters. The van der Waals surface area contributed by atoms with Gasteiger partial charge in [0.1, 0.15) is 0 Å². The summed E-state index contributed by atoms with van der Waals surface area (Å²) < 4.78 is 0. The zero-order valence-corrected chi connectivity index (χ0v) is 8.67. The van der Waals surface area contributed by atoms with Crippen molar-refractivity contribution in [2.75, 3.05) is 18.5 Å². The SMILES string of the molecule is C=C(C)c1ccc(N(C)CC)cc1. The van der Waals surface area contributed by atoms with Gasteiger partial charge in [-0.05, 0) is 31.5 Å². The van der Waals surface area contributed by atoms with Crippen LogP contribution in [0, 0.1) is 0 Å². The molecule has 70 valence electrons. The van der Waals surface area contributed by atoms with Crippen molar-refractivity contribution in [1.29, 1.82) is 0 Å². The average molecular weight is 175 g/mol. The lowest BCUT2D eigenvalue weighted by atomic mass is 10.1. The number of rotatable bonds is 3. The molecule has 0 heterocycles. The Hall–Kier alpha value is -1.24. The third-order valence-electron chi connectivity index (χ3n) is 2.28. The molecule has 1 nitrogen and oxygen atoms in total. The van der Waals surface area contributed by atoms with Crippen molar-refractivity contribution >= 4 is 11.3 Å². The Morgan fingerprint density at radius 3 is 2.23 bits per heavy atom. The fraction of sp³-hybridized carbons (Fsp3) is 0.333. The van der Waals surface area contributed by atoms with Gasteiger partial charge < -0.3 is 4.90 Å². The molecule has 0 aromatic heterocycles. The zero-order chi connectivity index (χ0) is 9.84. The van der Waals surface area contributed by atoms with Gasteiger partial charge in [0.25, 0.3) is 0 Å². The van der Waals surface area contributed by atoms with E-state index in [1.807, 2.05) is 6.92 Å². The molecular formula is C12H17N. The van der Waals surface area contributed by atoms with Crippen LogP contribution < -0.4 is 4.90 Å². The van der Waals surface area contributed by atoms with E-state index in [-0.39, 0.29) is 0 Å². The van der Waals surface area contributed by atoms with Crippen molar-refractivity contribution in [3.8, 4) is 0 Å². The van der Waals surface area contributed by atoms with Crippen LogP contribution in [0.3, 0.4) is 0 Å². The lowest BCUT2D eigenvalue weighted by Crippen LogP contribution is -2.15. The lowest BCUT2D eigenvalue weighted by Gasteiger charge is -2.16. The van der Waals surface area contributed by atoms with Crippen LogP contribution in [-0.2, 0) is 0 Å². The first-order valence-electron chi connectivity index (χ1n) is 4.62. The van der Waals surface area contributed by atoms with Crippen LogP contribution in [0.1, 0.15) is 19.4 Å². The largest absolute Gasteiger partial charge is 0.375 e. The Labute approximate surface area is 80.7 Å². The van der Waals surface area contributed by atoms with Crippen molar-refractivity contribution in [2.45, 2.75) is 13.8 Å². The van der Waals surface area contributed by atoms with Gasteiger partial charge in [-0.15, -0.1) is 0 Å². The van der Waals surface area contributed by atoms with E-state index in [4.69, 9.17) is 0 Å². The standard InChI is InChI=1S/C12H17N/c1-5-13(4)12-8-6-11(7-9-12)10(2)3/h6-9H,2,5H2,1,3-4H3. The smallest absolute Gasteiger partial charge is 0.0363 e. The molecule has 0 N–H and O–H groups in total. The van der Waals surface area contributed by atoms with E-state index >= 15 is 0 Å². The maximum Gasteiger partial charge on any atom is 0.0363 e. The maximum atomic E-state index is 3.91. The van der Waals surface area contributed by atoms with E-state index in [0.717, 1.165) is 12.1 Å². The predicted octanol–water partition coefficient (Wildman–Crippen LogP) is 3.18. The minimum atomic E-state index is 1.03. The minimum Gasteiger partial charge on any atom is -0.375 e. The Kier molecular flexibility index (Phi) is 3.13. The molecule has 1 aromatic rings. The first-order valence-corrected chi connectivity index (χ1v) is 4.62. The number of hydrogen-bond donors (Lipinski definition) is 0. The van der Waals surface area contributed by atoms with E-state index in [9.17, 15) is 0 Å². The van der Waals surface area contributed by atoms with Gasteiger partial charge in [0.2, 0.25) is 0 Å². The number of benzene rings is 1. The van der Waals surface area contributed by atoms with Gasteiger partial charge in [0.15, 0.2) is 0 Å². The number of anilines is 1. The summed E-state index contributed by atoms with van der Waals surface area (Å²) in [6, 6.07) is 8.49. The summed E-state index contributed by atoms with van der Waals surface area (Å²) >= 11 is 0. The van der Waals surface area contributed by atoms with E-state index in [2.05, 4.69) is 49.7 Å². The maximum absolute atomic E-state index is 3.91. The minimum absolute atomic E-state index is 1.03. The zero-order valence-electron chi connectivity index (χ0n) is 8.67. The Morgan fingerprint density at radius 2 is 1.85 bits per heavy atom. The molecule has 1 rings (SSSR count). The second kappa shape index (κ2) is 4.13. The third kappa shape index (κ3) is 2.35. The fourth-order valence-electron chi connectivity index (χ4n) is 1.18. The molecule has 0 aliphatic carbocycles. The van der Waals surface area contributed by atoms with Crippen LogP contribution >= 0.6 is 0 Å². The Morgan fingerprint density at radius 1 is 1.31 bits per heavy atom. The summed E-state index contributed by atoms with van der Waals surface area (Å²) in [4.78, 5) is 2.21. The highest BCUT2D eigenvalue weighted by Crippen LogP contribution is 2.17. The normalized spacial score (nSPS) is 9.77. The summed E-state index contributed by atoms with van der Waals surface area (Å²) in [5.74, 6) is 0. The van der Waals surface area contributed by atoms with Crippen molar-refractivity contribution in [2.24, 2.45) is 0 Å². The highest BCUT2D eigenvalue weighted by Gasteiger charge is 1.97. The molecule has 0 saturated heterocycles. The molecule has 0 radical (unpaired) electrons. The highest BCUT2D eigenvalue weighted by atomic mass is 15.1. The Bertz CT molecular complexity index is 284. The summed E-state index contributed by atoms with van der Waals surface area (Å²) in [6.45, 7) is 9.11. The van der Waals surface area contributed by atoms with Crippen LogP contribution in [0.2, 0.25) is 0 Å². The monoisotopic (exact) mass is 175 g/mol. The fourth-order valence-corrected chi connectivity index (χ4v) is 1.18. The Balaban J connectivity index is 2.87. The first kappa shape index (κ1) is 9.85. The number of nitrogens with zero attached hydrogens (tertiary/aromatic N) is 1. The van der Waals surface area contributed by atoms with Gasteiger partial charge in [-0.25, -0.2) is 0 Å². The first-order chi connectivity index (χ1) is 6.15. The van der Waals surface area contributed by atoms with Crippen LogP contribution in [0.15, 0.2) is 30.8 Å². The van der Waals surface area contributed by atoms with Gasteiger partial charge in [0.05, 0.1) is 0 Å². The van der Waals surface area contributed by atoms with Crippen molar-refractivity contribution in [3.63, 3.8) is 0 Å². The summed E-state index contributed by atoms with van der Waals surface area (Å²) in [7, 11) is 2.09. The molecule has 13 heavy (non-hydrogen) atoms. The quantitative estimate of drug-likeness (QED) is 0.682. The summed E-state index contributed by atoms with van der Waals surface area (Å²) in [5, 5.41) is 0. The number of hydrogen-bond acceptors (Lipinski definition) is 1. The second-order valence-corrected chi connectivity index (χ2v) is 3.34. The van der Waals surface area contributed by atoms with E-state index in [1.54, 1.807) is 0 Å². The number of allylic oxidation sites excluding steroid dienone is 1. The van der Waals surface area contributed by atoms with Gasteiger partial charge in [-0.1, -0.05) is 24.3 Å². The third-order valence-corrected chi connectivity index (χ3v) is 2.28. The molecule has 0 amide bonds. The summed E-state index contributed by atoms with van der Waals surface area (Å²) in [5.41, 5.74) is 3.59. The van der Waals surface area contributed by atoms with Gasteiger partial charge in [0, 0.05) is 19.3 Å². The average Bonchev–Trinajstić information content (AvgIpc) is 2.17. The van der Waals surface area contributed by atoms with E-state index in [1.165, 1.54) is 11.3 Å². The molecule has 1 heteroatoms. The van der Waals surface area contributed by atoms with E-state index < -0.39 is 0 Å². The molecule has 0 bridgehead atoms. The van der Waals surface area contributed by atoms with Gasteiger partial charge >= 0.3 is 0 Å². The highest BCUT2D eigenvalue weighted by molar-refractivity contribution is 5.63. The van der Waals surface area contributed by atoms with Crippen LogP contribution in [0.4, 0.5) is 5.69 Å².